The molecule has 0 aliphatic carbocycles. The van der Waals surface area contributed by atoms with E-state index in [1.807, 2.05) is 45.9 Å². The van der Waals surface area contributed by atoms with Crippen molar-refractivity contribution in [1.29, 1.82) is 0 Å². The summed E-state index contributed by atoms with van der Waals surface area (Å²) in [6.07, 6.45) is 1.73. The Morgan fingerprint density at radius 3 is 2.26 bits per heavy atom. The minimum absolute atomic E-state index is 0.0338. The van der Waals surface area contributed by atoms with Crippen LogP contribution in [-0.2, 0) is 16.0 Å². The van der Waals surface area contributed by atoms with Gasteiger partial charge in [0.05, 0.1) is 0 Å². The van der Waals surface area contributed by atoms with E-state index in [2.05, 4.69) is 48.6 Å². The molecule has 0 aliphatic heterocycles. The fraction of sp³-hybridized carbons (Fsp3) is 0.462. The number of aryl methyl sites for hydroxylation is 1. The second-order valence-corrected chi connectivity index (χ2v) is 10.1. The van der Waals surface area contributed by atoms with Gasteiger partial charge in [-0.15, -0.1) is 11.8 Å². The summed E-state index contributed by atoms with van der Waals surface area (Å²) in [5.41, 5.74) is 2.06. The average Bonchev–Trinajstić information content (AvgIpc) is 2.71. The lowest BCUT2D eigenvalue weighted by atomic mass is 10.1. The molecule has 0 bridgehead atoms. The fourth-order valence-corrected chi connectivity index (χ4v) is 4.22. The van der Waals surface area contributed by atoms with Gasteiger partial charge in [-0.3, -0.25) is 9.59 Å². The van der Waals surface area contributed by atoms with Crippen molar-refractivity contribution in [3.8, 4) is 0 Å². The molecule has 1 atom stereocenters. The first-order chi connectivity index (χ1) is 14.7. The molecular formula is C26H36N2O2S. The van der Waals surface area contributed by atoms with Crippen molar-refractivity contribution in [3.63, 3.8) is 0 Å². The van der Waals surface area contributed by atoms with Crippen molar-refractivity contribution in [1.82, 2.24) is 10.2 Å². The first-order valence-electron chi connectivity index (χ1n) is 11.0. The molecule has 2 rings (SSSR count). The number of benzene rings is 2. The van der Waals surface area contributed by atoms with Gasteiger partial charge < -0.3 is 10.2 Å². The number of nitrogens with zero attached hydrogens (tertiary/aromatic N) is 1. The van der Waals surface area contributed by atoms with Crippen molar-refractivity contribution < 1.29 is 9.59 Å². The highest BCUT2D eigenvalue weighted by Gasteiger charge is 2.30. The molecule has 0 heterocycles. The molecule has 5 heteroatoms. The van der Waals surface area contributed by atoms with Crippen LogP contribution in [0.25, 0.3) is 0 Å². The third-order valence-corrected chi connectivity index (χ3v) is 5.99. The number of nitrogens with one attached hydrogen (secondary N) is 1. The molecule has 0 spiro atoms. The summed E-state index contributed by atoms with van der Waals surface area (Å²) in [6, 6.07) is 18.0. The van der Waals surface area contributed by atoms with Gasteiger partial charge in [-0.2, -0.15) is 0 Å². The molecule has 2 aromatic rings. The Morgan fingerprint density at radius 1 is 1.03 bits per heavy atom. The SMILES string of the molecule is CC[C@H](C(=O)NC(C)(C)C)N(CCc1ccccc1)C(=O)CCSc1ccc(C)cc1. The highest BCUT2D eigenvalue weighted by Crippen LogP contribution is 2.20. The number of carbonyl (C=O) groups is 2. The molecule has 0 radical (unpaired) electrons. The maximum absolute atomic E-state index is 13.2. The molecule has 0 unspecified atom stereocenters. The van der Waals surface area contributed by atoms with Gasteiger partial charge in [0.2, 0.25) is 11.8 Å². The van der Waals surface area contributed by atoms with Gasteiger partial charge in [-0.05, 0) is 58.2 Å². The molecule has 31 heavy (non-hydrogen) atoms. The maximum Gasteiger partial charge on any atom is 0.243 e. The summed E-state index contributed by atoms with van der Waals surface area (Å²) < 4.78 is 0. The first-order valence-corrected chi connectivity index (χ1v) is 12.0. The number of thioether (sulfide) groups is 1. The number of hydrogen-bond donors (Lipinski definition) is 1. The van der Waals surface area contributed by atoms with Gasteiger partial charge in [-0.1, -0.05) is 55.0 Å². The monoisotopic (exact) mass is 440 g/mol. The van der Waals surface area contributed by atoms with E-state index >= 15 is 0 Å². The second-order valence-electron chi connectivity index (χ2n) is 8.90. The van der Waals surface area contributed by atoms with Crippen LogP contribution < -0.4 is 5.32 Å². The molecule has 0 saturated carbocycles. The molecule has 0 fully saturated rings. The van der Waals surface area contributed by atoms with Crippen LogP contribution in [0.15, 0.2) is 59.5 Å². The smallest absolute Gasteiger partial charge is 0.243 e. The van der Waals surface area contributed by atoms with Crippen molar-refractivity contribution in [3.05, 3.63) is 65.7 Å². The summed E-state index contributed by atoms with van der Waals surface area (Å²) >= 11 is 1.68. The summed E-state index contributed by atoms with van der Waals surface area (Å²) in [7, 11) is 0. The summed E-state index contributed by atoms with van der Waals surface area (Å²) in [5, 5.41) is 3.05. The summed E-state index contributed by atoms with van der Waals surface area (Å²) in [5.74, 6) is 0.648. The van der Waals surface area contributed by atoms with Crippen LogP contribution in [0.1, 0.15) is 51.7 Å². The number of rotatable bonds is 10. The Balaban J connectivity index is 2.07. The van der Waals surface area contributed by atoms with Gasteiger partial charge in [0.15, 0.2) is 0 Å². The van der Waals surface area contributed by atoms with Gasteiger partial charge >= 0.3 is 0 Å². The zero-order valence-corrected chi connectivity index (χ0v) is 20.3. The van der Waals surface area contributed by atoms with E-state index in [9.17, 15) is 9.59 Å². The lowest BCUT2D eigenvalue weighted by molar-refractivity contribution is -0.141. The van der Waals surface area contributed by atoms with Crippen molar-refractivity contribution >= 4 is 23.6 Å². The molecule has 1 N–H and O–H groups in total. The van der Waals surface area contributed by atoms with E-state index < -0.39 is 6.04 Å². The minimum atomic E-state index is -0.459. The molecular weight excluding hydrogens is 404 g/mol. The van der Waals surface area contributed by atoms with Crippen molar-refractivity contribution in [2.75, 3.05) is 12.3 Å². The van der Waals surface area contributed by atoms with Crippen LogP contribution in [-0.4, -0.2) is 40.6 Å². The van der Waals surface area contributed by atoms with E-state index in [-0.39, 0.29) is 17.4 Å². The molecule has 2 amide bonds. The predicted octanol–water partition coefficient (Wildman–Crippen LogP) is 5.24. The molecule has 2 aromatic carbocycles. The van der Waals surface area contributed by atoms with Gasteiger partial charge in [0.25, 0.3) is 0 Å². The van der Waals surface area contributed by atoms with Crippen LogP contribution in [0.3, 0.4) is 0 Å². The number of hydrogen-bond acceptors (Lipinski definition) is 3. The molecule has 0 saturated heterocycles. The molecule has 0 aromatic heterocycles. The average molecular weight is 441 g/mol. The normalized spacial score (nSPS) is 12.3. The number of carbonyl (C=O) groups excluding carboxylic acids is 2. The van der Waals surface area contributed by atoms with Crippen LogP contribution in [0.4, 0.5) is 0 Å². The van der Waals surface area contributed by atoms with Gasteiger partial charge in [0, 0.05) is 29.2 Å². The Bertz CT molecular complexity index is 829. The Morgan fingerprint density at radius 2 is 1.68 bits per heavy atom. The molecule has 0 aliphatic rings. The van der Waals surface area contributed by atoms with E-state index in [0.717, 1.165) is 11.3 Å². The zero-order chi connectivity index (χ0) is 22.9. The maximum atomic E-state index is 13.2. The Labute approximate surface area is 191 Å². The van der Waals surface area contributed by atoms with Crippen molar-refractivity contribution in [2.45, 2.75) is 70.4 Å². The van der Waals surface area contributed by atoms with Gasteiger partial charge in [-0.25, -0.2) is 0 Å². The van der Waals surface area contributed by atoms with Crippen LogP contribution in [0.2, 0.25) is 0 Å². The van der Waals surface area contributed by atoms with E-state index in [1.165, 1.54) is 11.1 Å². The topological polar surface area (TPSA) is 49.4 Å². The molecule has 4 nitrogen and oxygen atoms in total. The summed E-state index contributed by atoms with van der Waals surface area (Å²) in [4.78, 5) is 29.1. The largest absolute Gasteiger partial charge is 0.350 e. The standard InChI is InChI=1S/C26H36N2O2S/c1-6-23(25(30)27-26(3,4)5)28(18-16-21-10-8-7-9-11-21)24(29)17-19-31-22-14-12-20(2)13-15-22/h7-15,23H,6,16-19H2,1-5H3,(H,27,30)/t23-/m1/s1. The molecule has 168 valence electrons. The quantitative estimate of drug-likeness (QED) is 0.514. The number of amides is 2. The van der Waals surface area contributed by atoms with Crippen LogP contribution in [0, 0.1) is 6.92 Å². The Hall–Kier alpha value is -2.27. The lowest BCUT2D eigenvalue weighted by Gasteiger charge is -2.33. The predicted molar refractivity (Wildman–Crippen MR) is 130 cm³/mol. The van der Waals surface area contributed by atoms with E-state index in [1.54, 1.807) is 16.7 Å². The van der Waals surface area contributed by atoms with Crippen molar-refractivity contribution in [2.24, 2.45) is 0 Å². The first kappa shape index (κ1) is 25.0. The summed E-state index contributed by atoms with van der Waals surface area (Å²) in [6.45, 7) is 10.5. The highest BCUT2D eigenvalue weighted by molar-refractivity contribution is 7.99. The van der Waals surface area contributed by atoms with E-state index in [0.29, 0.717) is 25.1 Å². The van der Waals surface area contributed by atoms with Crippen LogP contribution >= 0.6 is 11.8 Å². The fourth-order valence-electron chi connectivity index (χ4n) is 3.38. The van der Waals surface area contributed by atoms with E-state index in [4.69, 9.17) is 0 Å². The second kappa shape index (κ2) is 11.9. The minimum Gasteiger partial charge on any atom is -0.350 e. The Kier molecular flexibility index (Phi) is 9.63. The lowest BCUT2D eigenvalue weighted by Crippen LogP contribution is -2.54. The highest BCUT2D eigenvalue weighted by atomic mass is 32.2. The van der Waals surface area contributed by atoms with Gasteiger partial charge in [0.1, 0.15) is 6.04 Å². The zero-order valence-electron chi connectivity index (χ0n) is 19.5. The third kappa shape index (κ3) is 8.78. The third-order valence-electron chi connectivity index (χ3n) is 4.97. The van der Waals surface area contributed by atoms with Crippen LogP contribution in [0.5, 0.6) is 0 Å².